The van der Waals surface area contributed by atoms with Gasteiger partial charge in [0.15, 0.2) is 0 Å². The first-order valence-electron chi connectivity index (χ1n) is 4.53. The van der Waals surface area contributed by atoms with Gasteiger partial charge in [0.2, 0.25) is 0 Å². The van der Waals surface area contributed by atoms with Crippen LogP contribution in [0.25, 0.3) is 0 Å². The zero-order valence-electron chi connectivity index (χ0n) is 8.24. The van der Waals surface area contributed by atoms with Crippen molar-refractivity contribution in [2.45, 2.75) is 13.5 Å². The monoisotopic (exact) mass is 283 g/mol. The fraction of sp³-hybridized carbons (Fsp3) is 0.182. The van der Waals surface area contributed by atoms with Crippen LogP contribution < -0.4 is 4.74 Å². The number of aromatic nitrogens is 1. The molecule has 2 nitrogen and oxygen atoms in total. The minimum Gasteiger partial charge on any atom is -0.485 e. The lowest BCUT2D eigenvalue weighted by Crippen LogP contribution is -1.95. The number of rotatable bonds is 3. The Hall–Kier alpha value is -0.870. The number of benzene rings is 1. The Bertz CT molecular complexity index is 442. The second-order valence-electron chi connectivity index (χ2n) is 3.15. The van der Waals surface area contributed by atoms with Gasteiger partial charge in [-0.3, -0.25) is 0 Å². The van der Waals surface area contributed by atoms with Crippen molar-refractivity contribution >= 4 is 27.3 Å². The van der Waals surface area contributed by atoms with Crippen molar-refractivity contribution < 1.29 is 4.74 Å². The Kier molecular flexibility index (Phi) is 3.38. The van der Waals surface area contributed by atoms with Gasteiger partial charge in [-0.1, -0.05) is 6.07 Å². The predicted octanol–water partition coefficient (Wildman–Crippen LogP) is 3.79. The molecule has 0 aliphatic carbocycles. The molecule has 1 heterocycles. The van der Waals surface area contributed by atoms with Crippen molar-refractivity contribution in [2.24, 2.45) is 0 Å². The van der Waals surface area contributed by atoms with Crippen LogP contribution in [0.15, 0.2) is 34.2 Å². The van der Waals surface area contributed by atoms with Gasteiger partial charge in [0.25, 0.3) is 0 Å². The topological polar surface area (TPSA) is 22.1 Å². The Labute approximate surface area is 101 Å². The van der Waals surface area contributed by atoms with Crippen LogP contribution in [0.5, 0.6) is 5.75 Å². The van der Waals surface area contributed by atoms with Crippen molar-refractivity contribution in [2.75, 3.05) is 0 Å². The number of hydrogen-bond donors (Lipinski definition) is 0. The van der Waals surface area contributed by atoms with Gasteiger partial charge in [-0.15, -0.1) is 11.3 Å². The zero-order valence-corrected chi connectivity index (χ0v) is 10.6. The van der Waals surface area contributed by atoms with Gasteiger partial charge < -0.3 is 4.74 Å². The lowest BCUT2D eigenvalue weighted by Gasteiger charge is -2.06. The van der Waals surface area contributed by atoms with Crippen LogP contribution >= 0.6 is 27.3 Å². The maximum atomic E-state index is 5.64. The van der Waals surface area contributed by atoms with Crippen LogP contribution in [-0.4, -0.2) is 4.98 Å². The van der Waals surface area contributed by atoms with Gasteiger partial charge >= 0.3 is 0 Å². The maximum Gasteiger partial charge on any atom is 0.140 e. The predicted molar refractivity (Wildman–Crippen MR) is 65.3 cm³/mol. The number of aryl methyl sites for hydroxylation is 1. The first-order valence-corrected chi connectivity index (χ1v) is 6.20. The molecule has 0 saturated carbocycles. The summed E-state index contributed by atoms with van der Waals surface area (Å²) in [5.74, 6) is 0.857. The van der Waals surface area contributed by atoms with E-state index in [2.05, 4.69) is 27.8 Å². The molecule has 0 spiro atoms. The minimum atomic E-state index is 0.527. The highest BCUT2D eigenvalue weighted by atomic mass is 79.9. The number of hydrogen-bond acceptors (Lipinski definition) is 3. The highest BCUT2D eigenvalue weighted by molar-refractivity contribution is 9.10. The van der Waals surface area contributed by atoms with E-state index in [4.69, 9.17) is 4.74 Å². The summed E-state index contributed by atoms with van der Waals surface area (Å²) in [7, 11) is 0. The molecule has 0 bridgehead atoms. The minimum absolute atomic E-state index is 0.527. The van der Waals surface area contributed by atoms with Crippen molar-refractivity contribution in [1.82, 2.24) is 4.98 Å². The van der Waals surface area contributed by atoms with Crippen LogP contribution in [-0.2, 0) is 6.61 Å². The molecule has 78 valence electrons. The number of ether oxygens (including phenoxy) is 1. The molecule has 2 aromatic rings. The van der Waals surface area contributed by atoms with E-state index in [0.717, 1.165) is 15.2 Å². The SMILES string of the molecule is Cc1ccc(OCc2nccs2)c(Br)c1. The molecule has 1 aromatic carbocycles. The Morgan fingerprint density at radius 1 is 1.47 bits per heavy atom. The summed E-state index contributed by atoms with van der Waals surface area (Å²) in [5, 5.41) is 2.94. The van der Waals surface area contributed by atoms with Crippen molar-refractivity contribution in [3.63, 3.8) is 0 Å². The molecule has 0 unspecified atom stereocenters. The zero-order chi connectivity index (χ0) is 10.7. The number of thiazole rings is 1. The molecule has 0 aliphatic heterocycles. The molecule has 0 saturated heterocycles. The second kappa shape index (κ2) is 4.77. The average molecular weight is 284 g/mol. The fourth-order valence-electron chi connectivity index (χ4n) is 1.19. The Morgan fingerprint density at radius 2 is 2.33 bits per heavy atom. The Balaban J connectivity index is 2.05. The Morgan fingerprint density at radius 3 is 3.00 bits per heavy atom. The molecule has 0 radical (unpaired) electrons. The summed E-state index contributed by atoms with van der Waals surface area (Å²) < 4.78 is 6.62. The highest BCUT2D eigenvalue weighted by Crippen LogP contribution is 2.26. The van der Waals surface area contributed by atoms with E-state index in [1.807, 2.05) is 23.6 Å². The van der Waals surface area contributed by atoms with Crippen molar-refractivity contribution in [3.8, 4) is 5.75 Å². The lowest BCUT2D eigenvalue weighted by atomic mass is 10.2. The standard InChI is InChI=1S/C11H10BrNOS/c1-8-2-3-10(9(12)6-8)14-7-11-13-4-5-15-11/h2-6H,7H2,1H3. The maximum absolute atomic E-state index is 5.64. The van der Waals surface area contributed by atoms with Gasteiger partial charge in [-0.2, -0.15) is 0 Å². The average Bonchev–Trinajstić information content (AvgIpc) is 2.69. The molecule has 0 amide bonds. The second-order valence-corrected chi connectivity index (χ2v) is 4.98. The molecule has 0 fully saturated rings. The molecule has 0 atom stereocenters. The quantitative estimate of drug-likeness (QED) is 0.855. The lowest BCUT2D eigenvalue weighted by molar-refractivity contribution is 0.303. The smallest absolute Gasteiger partial charge is 0.140 e. The molecule has 4 heteroatoms. The van der Waals surface area contributed by atoms with E-state index in [1.165, 1.54) is 5.56 Å². The van der Waals surface area contributed by atoms with Gasteiger partial charge in [0.1, 0.15) is 17.4 Å². The molecular weight excluding hydrogens is 274 g/mol. The number of nitrogens with zero attached hydrogens (tertiary/aromatic N) is 1. The third kappa shape index (κ3) is 2.79. The van der Waals surface area contributed by atoms with E-state index < -0.39 is 0 Å². The fourth-order valence-corrected chi connectivity index (χ4v) is 2.32. The summed E-state index contributed by atoms with van der Waals surface area (Å²) in [6.45, 7) is 2.58. The summed E-state index contributed by atoms with van der Waals surface area (Å²) in [6.07, 6.45) is 1.79. The van der Waals surface area contributed by atoms with Gasteiger partial charge in [-0.05, 0) is 40.5 Å². The molecule has 0 aliphatic rings. The van der Waals surface area contributed by atoms with Crippen LogP contribution in [0.4, 0.5) is 0 Å². The molecule has 0 N–H and O–H groups in total. The van der Waals surface area contributed by atoms with E-state index in [9.17, 15) is 0 Å². The van der Waals surface area contributed by atoms with Crippen LogP contribution in [0.3, 0.4) is 0 Å². The molecule has 15 heavy (non-hydrogen) atoms. The highest BCUT2D eigenvalue weighted by Gasteiger charge is 2.02. The van der Waals surface area contributed by atoms with E-state index >= 15 is 0 Å². The summed E-state index contributed by atoms with van der Waals surface area (Å²) in [5.41, 5.74) is 1.21. The molecule has 2 rings (SSSR count). The van der Waals surface area contributed by atoms with Gasteiger partial charge in [-0.25, -0.2) is 4.98 Å². The summed E-state index contributed by atoms with van der Waals surface area (Å²) in [4.78, 5) is 4.16. The van der Waals surface area contributed by atoms with Crippen LogP contribution in [0.2, 0.25) is 0 Å². The van der Waals surface area contributed by atoms with Gasteiger partial charge in [0.05, 0.1) is 4.47 Å². The largest absolute Gasteiger partial charge is 0.485 e. The first-order chi connectivity index (χ1) is 7.25. The molecular formula is C11H10BrNOS. The summed E-state index contributed by atoms with van der Waals surface area (Å²) >= 11 is 5.07. The van der Waals surface area contributed by atoms with Gasteiger partial charge in [0, 0.05) is 11.6 Å². The van der Waals surface area contributed by atoms with Crippen LogP contribution in [0, 0.1) is 6.92 Å². The van der Waals surface area contributed by atoms with Crippen LogP contribution in [0.1, 0.15) is 10.6 Å². The molecule has 1 aromatic heterocycles. The third-order valence-corrected chi connectivity index (χ3v) is 3.29. The summed E-state index contributed by atoms with van der Waals surface area (Å²) in [6, 6.07) is 6.03. The van der Waals surface area contributed by atoms with E-state index in [-0.39, 0.29) is 0 Å². The van der Waals surface area contributed by atoms with E-state index in [1.54, 1.807) is 17.5 Å². The normalized spacial score (nSPS) is 10.3. The van der Waals surface area contributed by atoms with Crippen molar-refractivity contribution in [1.29, 1.82) is 0 Å². The number of halogens is 1. The van der Waals surface area contributed by atoms with E-state index in [0.29, 0.717) is 6.61 Å². The van der Waals surface area contributed by atoms with Crippen molar-refractivity contribution in [3.05, 3.63) is 44.8 Å². The first kappa shape index (κ1) is 10.6. The third-order valence-electron chi connectivity index (χ3n) is 1.92.